The van der Waals surface area contributed by atoms with Crippen LogP contribution in [0.3, 0.4) is 0 Å². The van der Waals surface area contributed by atoms with Gasteiger partial charge in [-0.3, -0.25) is 4.79 Å². The van der Waals surface area contributed by atoms with Gasteiger partial charge in [-0.1, -0.05) is 31.9 Å². The van der Waals surface area contributed by atoms with E-state index in [1.807, 2.05) is 0 Å². The second kappa shape index (κ2) is 6.93. The van der Waals surface area contributed by atoms with Crippen molar-refractivity contribution in [2.45, 2.75) is 45.6 Å². The molecule has 1 aromatic rings. The first-order valence-corrected chi connectivity index (χ1v) is 7.70. The highest BCUT2D eigenvalue weighted by atomic mass is 35.5. The molecule has 2 unspecified atom stereocenters. The second-order valence-corrected chi connectivity index (χ2v) is 5.87. The summed E-state index contributed by atoms with van der Waals surface area (Å²) in [6, 6.07) is 1.99. The molecule has 110 valence electrons. The molecule has 20 heavy (non-hydrogen) atoms. The van der Waals surface area contributed by atoms with E-state index in [-0.39, 0.29) is 11.9 Å². The number of anilines is 1. The summed E-state index contributed by atoms with van der Waals surface area (Å²) in [6.07, 6.45) is 5.95. The number of amides is 1. The number of nitrogens with one attached hydrogen (secondary N) is 2. The Morgan fingerprint density at radius 3 is 2.95 bits per heavy atom. The van der Waals surface area contributed by atoms with Gasteiger partial charge in [-0.25, -0.2) is 4.98 Å². The number of aromatic nitrogens is 1. The van der Waals surface area contributed by atoms with Crippen LogP contribution in [0.15, 0.2) is 12.3 Å². The summed E-state index contributed by atoms with van der Waals surface area (Å²) in [6.45, 7) is 5.09. The van der Waals surface area contributed by atoms with Gasteiger partial charge in [-0.15, -0.1) is 0 Å². The quantitative estimate of drug-likeness (QED) is 0.874. The Balaban J connectivity index is 2.07. The third-order valence-corrected chi connectivity index (χ3v) is 4.14. The minimum absolute atomic E-state index is 0.101. The highest BCUT2D eigenvalue weighted by Gasteiger charge is 2.25. The lowest BCUT2D eigenvalue weighted by Gasteiger charge is -2.18. The van der Waals surface area contributed by atoms with E-state index in [0.717, 1.165) is 19.4 Å². The van der Waals surface area contributed by atoms with E-state index in [4.69, 9.17) is 11.6 Å². The zero-order valence-corrected chi connectivity index (χ0v) is 12.8. The van der Waals surface area contributed by atoms with Gasteiger partial charge in [-0.2, -0.15) is 0 Å². The molecule has 0 bridgehead atoms. The van der Waals surface area contributed by atoms with Crippen molar-refractivity contribution in [1.29, 1.82) is 0 Å². The SMILES string of the molecule is CCCNc1cc(C(=O)NC2CCCC2C)c(Cl)cn1. The number of nitrogens with zero attached hydrogens (tertiary/aromatic N) is 1. The fraction of sp³-hybridized carbons (Fsp3) is 0.600. The van der Waals surface area contributed by atoms with Crippen molar-refractivity contribution in [1.82, 2.24) is 10.3 Å². The van der Waals surface area contributed by atoms with Crippen LogP contribution in [0.25, 0.3) is 0 Å². The molecule has 5 heteroatoms. The Hall–Kier alpha value is -1.29. The first-order chi connectivity index (χ1) is 9.61. The molecule has 0 saturated heterocycles. The van der Waals surface area contributed by atoms with Gasteiger partial charge in [0, 0.05) is 18.8 Å². The van der Waals surface area contributed by atoms with E-state index in [1.165, 1.54) is 19.0 Å². The van der Waals surface area contributed by atoms with E-state index in [1.54, 1.807) is 6.07 Å². The molecule has 2 atom stereocenters. The summed E-state index contributed by atoms with van der Waals surface area (Å²) in [7, 11) is 0. The summed E-state index contributed by atoms with van der Waals surface area (Å²) in [5, 5.41) is 6.66. The Kier molecular flexibility index (Phi) is 5.24. The van der Waals surface area contributed by atoms with Gasteiger partial charge in [-0.05, 0) is 31.2 Å². The molecule has 0 aromatic carbocycles. The van der Waals surface area contributed by atoms with Crippen LogP contribution in [0.2, 0.25) is 5.02 Å². The van der Waals surface area contributed by atoms with E-state index >= 15 is 0 Å². The Morgan fingerprint density at radius 2 is 2.30 bits per heavy atom. The standard InChI is InChI=1S/C15H22ClN3O/c1-3-7-17-14-8-11(12(16)9-18-14)15(20)19-13-6-4-5-10(13)2/h8-10,13H,3-7H2,1-2H3,(H,17,18)(H,19,20). The first-order valence-electron chi connectivity index (χ1n) is 7.32. The van der Waals surface area contributed by atoms with Crippen molar-refractivity contribution in [3.8, 4) is 0 Å². The van der Waals surface area contributed by atoms with Crippen molar-refractivity contribution in [2.75, 3.05) is 11.9 Å². The van der Waals surface area contributed by atoms with Crippen LogP contribution in [0.4, 0.5) is 5.82 Å². The maximum Gasteiger partial charge on any atom is 0.253 e. The molecule has 0 radical (unpaired) electrons. The maximum atomic E-state index is 12.3. The lowest BCUT2D eigenvalue weighted by atomic mass is 10.1. The Bertz CT molecular complexity index is 478. The molecular formula is C15H22ClN3O. The fourth-order valence-corrected chi connectivity index (χ4v) is 2.76. The topological polar surface area (TPSA) is 54.0 Å². The van der Waals surface area contributed by atoms with Crippen LogP contribution in [-0.2, 0) is 0 Å². The number of hydrogen-bond acceptors (Lipinski definition) is 3. The molecule has 1 aromatic heterocycles. The van der Waals surface area contributed by atoms with Crippen molar-refractivity contribution in [2.24, 2.45) is 5.92 Å². The van der Waals surface area contributed by atoms with Crippen LogP contribution >= 0.6 is 11.6 Å². The molecule has 2 rings (SSSR count). The summed E-state index contributed by atoms with van der Waals surface area (Å²) in [4.78, 5) is 16.5. The minimum atomic E-state index is -0.101. The molecule has 2 N–H and O–H groups in total. The molecule has 1 heterocycles. The normalized spacial score (nSPS) is 21.8. The first kappa shape index (κ1) is 15.1. The van der Waals surface area contributed by atoms with Gasteiger partial charge in [0.25, 0.3) is 5.91 Å². The summed E-state index contributed by atoms with van der Waals surface area (Å²) >= 11 is 6.10. The van der Waals surface area contributed by atoms with Crippen LogP contribution in [0.5, 0.6) is 0 Å². The third-order valence-electron chi connectivity index (χ3n) is 3.83. The summed E-state index contributed by atoms with van der Waals surface area (Å²) in [5.41, 5.74) is 0.499. The Labute approximate surface area is 125 Å². The number of carbonyl (C=O) groups is 1. The predicted octanol–water partition coefficient (Wildman–Crippen LogP) is 3.48. The summed E-state index contributed by atoms with van der Waals surface area (Å²) < 4.78 is 0. The van der Waals surface area contributed by atoms with Gasteiger partial charge in [0.1, 0.15) is 5.82 Å². The van der Waals surface area contributed by atoms with Crippen molar-refractivity contribution < 1.29 is 4.79 Å². The molecule has 1 aliphatic carbocycles. The number of rotatable bonds is 5. The van der Waals surface area contributed by atoms with E-state index in [0.29, 0.717) is 22.3 Å². The van der Waals surface area contributed by atoms with Gasteiger partial charge in [0.15, 0.2) is 0 Å². The van der Waals surface area contributed by atoms with E-state index in [2.05, 4.69) is 29.5 Å². The number of hydrogen-bond donors (Lipinski definition) is 2. The van der Waals surface area contributed by atoms with Crippen molar-refractivity contribution >= 4 is 23.3 Å². The molecule has 0 aliphatic heterocycles. The van der Waals surface area contributed by atoms with Gasteiger partial charge >= 0.3 is 0 Å². The van der Waals surface area contributed by atoms with E-state index in [9.17, 15) is 4.79 Å². The van der Waals surface area contributed by atoms with Crippen LogP contribution in [0.1, 0.15) is 49.9 Å². The molecule has 0 spiro atoms. The highest BCUT2D eigenvalue weighted by molar-refractivity contribution is 6.33. The van der Waals surface area contributed by atoms with Crippen LogP contribution < -0.4 is 10.6 Å². The summed E-state index contributed by atoms with van der Waals surface area (Å²) in [5.74, 6) is 1.13. The second-order valence-electron chi connectivity index (χ2n) is 5.46. The third kappa shape index (κ3) is 3.63. The lowest BCUT2D eigenvalue weighted by Crippen LogP contribution is -2.36. The fourth-order valence-electron chi connectivity index (χ4n) is 2.57. The minimum Gasteiger partial charge on any atom is -0.370 e. The average Bonchev–Trinajstić information content (AvgIpc) is 2.83. The monoisotopic (exact) mass is 295 g/mol. The van der Waals surface area contributed by atoms with Crippen LogP contribution in [0, 0.1) is 5.92 Å². The highest BCUT2D eigenvalue weighted by Crippen LogP contribution is 2.26. The molecular weight excluding hydrogens is 274 g/mol. The molecule has 4 nitrogen and oxygen atoms in total. The van der Waals surface area contributed by atoms with Crippen molar-refractivity contribution in [3.63, 3.8) is 0 Å². The molecule has 1 fully saturated rings. The zero-order valence-electron chi connectivity index (χ0n) is 12.1. The number of halogens is 1. The van der Waals surface area contributed by atoms with Gasteiger partial charge < -0.3 is 10.6 Å². The van der Waals surface area contributed by atoms with Gasteiger partial charge in [0.2, 0.25) is 0 Å². The van der Waals surface area contributed by atoms with Gasteiger partial charge in [0.05, 0.1) is 10.6 Å². The maximum absolute atomic E-state index is 12.3. The number of pyridine rings is 1. The Morgan fingerprint density at radius 1 is 1.50 bits per heavy atom. The lowest BCUT2D eigenvalue weighted by molar-refractivity contribution is 0.0930. The molecule has 1 aliphatic rings. The molecule has 1 saturated carbocycles. The number of carbonyl (C=O) groups excluding carboxylic acids is 1. The average molecular weight is 296 g/mol. The zero-order chi connectivity index (χ0) is 14.5. The predicted molar refractivity (Wildman–Crippen MR) is 82.3 cm³/mol. The van der Waals surface area contributed by atoms with E-state index < -0.39 is 0 Å². The molecule has 1 amide bonds. The van der Waals surface area contributed by atoms with Crippen LogP contribution in [-0.4, -0.2) is 23.5 Å². The smallest absolute Gasteiger partial charge is 0.253 e. The van der Waals surface area contributed by atoms with Crippen molar-refractivity contribution in [3.05, 3.63) is 22.8 Å². The largest absolute Gasteiger partial charge is 0.370 e.